The van der Waals surface area contributed by atoms with Gasteiger partial charge in [-0.1, -0.05) is 29.6 Å². The average Bonchev–Trinajstić information content (AvgIpc) is 2.71. The van der Waals surface area contributed by atoms with Gasteiger partial charge < -0.3 is 10.6 Å². The minimum atomic E-state index is -0.0742. The van der Waals surface area contributed by atoms with Gasteiger partial charge in [-0.25, -0.2) is 0 Å². The second-order valence-electron chi connectivity index (χ2n) is 7.33. The highest BCUT2D eigenvalue weighted by molar-refractivity contribution is 6.31. The number of halogens is 2. The smallest absolute Gasteiger partial charge is 0.251 e. The molecule has 1 saturated carbocycles. The van der Waals surface area contributed by atoms with Crippen LogP contribution in [0.15, 0.2) is 48.5 Å². The van der Waals surface area contributed by atoms with Gasteiger partial charge in [0.25, 0.3) is 11.8 Å². The highest BCUT2D eigenvalue weighted by atomic mass is 35.5. The number of amides is 2. The Morgan fingerprint density at radius 3 is 1.54 bits per heavy atom. The van der Waals surface area contributed by atoms with Crippen LogP contribution in [-0.2, 0) is 0 Å². The van der Waals surface area contributed by atoms with E-state index in [9.17, 15) is 9.59 Å². The van der Waals surface area contributed by atoms with E-state index in [-0.39, 0.29) is 11.8 Å². The predicted molar refractivity (Wildman–Crippen MR) is 113 cm³/mol. The van der Waals surface area contributed by atoms with Crippen LogP contribution in [0.1, 0.15) is 46.4 Å². The first-order valence-corrected chi connectivity index (χ1v) is 10.3. The Bertz CT molecular complexity index is 739. The number of rotatable bonds is 6. The van der Waals surface area contributed by atoms with Crippen molar-refractivity contribution in [2.45, 2.75) is 25.7 Å². The molecular formula is C22H24Cl2N2O2. The van der Waals surface area contributed by atoms with Crippen molar-refractivity contribution >= 4 is 35.0 Å². The normalized spacial score (nSPS) is 19.1. The van der Waals surface area contributed by atoms with Crippen LogP contribution in [0.25, 0.3) is 0 Å². The maximum atomic E-state index is 12.3. The van der Waals surface area contributed by atoms with Crippen LogP contribution in [0.5, 0.6) is 0 Å². The zero-order valence-corrected chi connectivity index (χ0v) is 17.1. The Morgan fingerprint density at radius 1 is 0.750 bits per heavy atom. The maximum Gasteiger partial charge on any atom is 0.251 e. The van der Waals surface area contributed by atoms with Crippen molar-refractivity contribution in [3.05, 3.63) is 69.7 Å². The van der Waals surface area contributed by atoms with E-state index >= 15 is 0 Å². The van der Waals surface area contributed by atoms with E-state index in [1.165, 1.54) is 0 Å². The molecule has 0 aromatic heterocycles. The minimum Gasteiger partial charge on any atom is -0.352 e. The van der Waals surface area contributed by atoms with Crippen molar-refractivity contribution in [3.8, 4) is 0 Å². The van der Waals surface area contributed by atoms with E-state index < -0.39 is 0 Å². The molecular weight excluding hydrogens is 395 g/mol. The summed E-state index contributed by atoms with van der Waals surface area (Å²) in [7, 11) is 0. The van der Waals surface area contributed by atoms with E-state index in [1.54, 1.807) is 48.5 Å². The summed E-state index contributed by atoms with van der Waals surface area (Å²) < 4.78 is 0. The first kappa shape index (κ1) is 20.7. The summed E-state index contributed by atoms with van der Waals surface area (Å²) in [6.07, 6.45) is 4.32. The van der Waals surface area contributed by atoms with Gasteiger partial charge in [0, 0.05) is 34.3 Å². The number of carbonyl (C=O) groups is 2. The molecule has 0 saturated heterocycles. The van der Waals surface area contributed by atoms with Gasteiger partial charge in [0.1, 0.15) is 0 Å². The largest absolute Gasteiger partial charge is 0.352 e. The van der Waals surface area contributed by atoms with Gasteiger partial charge in [-0.05, 0) is 79.6 Å². The third kappa shape index (κ3) is 5.98. The maximum absolute atomic E-state index is 12.3. The monoisotopic (exact) mass is 418 g/mol. The molecule has 6 heteroatoms. The average molecular weight is 419 g/mol. The number of hydrogen-bond acceptors (Lipinski definition) is 2. The lowest BCUT2D eigenvalue weighted by molar-refractivity contribution is 0.0935. The van der Waals surface area contributed by atoms with Crippen molar-refractivity contribution < 1.29 is 9.59 Å². The van der Waals surface area contributed by atoms with Crippen molar-refractivity contribution in [1.29, 1.82) is 0 Å². The van der Waals surface area contributed by atoms with Crippen molar-refractivity contribution in [2.24, 2.45) is 11.8 Å². The zero-order chi connectivity index (χ0) is 19.9. The molecule has 2 N–H and O–H groups in total. The van der Waals surface area contributed by atoms with Gasteiger partial charge in [-0.3, -0.25) is 9.59 Å². The molecule has 2 atom stereocenters. The number of benzene rings is 2. The van der Waals surface area contributed by atoms with Crippen molar-refractivity contribution in [3.63, 3.8) is 0 Å². The van der Waals surface area contributed by atoms with Gasteiger partial charge in [-0.15, -0.1) is 0 Å². The molecule has 4 nitrogen and oxygen atoms in total. The van der Waals surface area contributed by atoms with Crippen molar-refractivity contribution in [2.75, 3.05) is 13.1 Å². The van der Waals surface area contributed by atoms with Gasteiger partial charge in [0.15, 0.2) is 0 Å². The summed E-state index contributed by atoms with van der Waals surface area (Å²) in [4.78, 5) is 24.5. The molecule has 0 unspecified atom stereocenters. The third-order valence-corrected chi connectivity index (χ3v) is 5.71. The van der Waals surface area contributed by atoms with Gasteiger partial charge in [-0.2, -0.15) is 0 Å². The SMILES string of the molecule is O=C(NC[C@H]1CCC[C@@H](CNC(=O)c2ccc(Cl)cc2)C1)c1ccc(Cl)cc1. The third-order valence-electron chi connectivity index (χ3n) is 5.21. The van der Waals surface area contributed by atoms with Crippen LogP contribution < -0.4 is 10.6 Å². The molecule has 1 aliphatic rings. The standard InChI is InChI=1S/C22H24Cl2N2O2/c23-19-8-4-17(5-9-19)21(27)25-13-15-2-1-3-16(12-15)14-26-22(28)18-6-10-20(24)11-7-18/h4-11,15-16H,1-3,12-14H2,(H,25,27)(H,26,28)/t15-,16+. The van der Waals surface area contributed by atoms with E-state index in [1.807, 2.05) is 0 Å². The highest BCUT2D eigenvalue weighted by Crippen LogP contribution is 2.28. The Balaban J connectivity index is 1.43. The van der Waals surface area contributed by atoms with Gasteiger partial charge in [0.2, 0.25) is 0 Å². The van der Waals surface area contributed by atoms with Crippen LogP contribution >= 0.6 is 23.2 Å². The summed E-state index contributed by atoms with van der Waals surface area (Å²) in [6, 6.07) is 13.8. The topological polar surface area (TPSA) is 58.2 Å². The molecule has 1 fully saturated rings. The van der Waals surface area contributed by atoms with E-state index in [2.05, 4.69) is 10.6 Å². The predicted octanol–water partition coefficient (Wildman–Crippen LogP) is 4.96. The second kappa shape index (κ2) is 9.94. The molecule has 0 heterocycles. The summed E-state index contributed by atoms with van der Waals surface area (Å²) in [5.41, 5.74) is 1.24. The number of hydrogen-bond donors (Lipinski definition) is 2. The molecule has 0 bridgehead atoms. The molecule has 148 valence electrons. The lowest BCUT2D eigenvalue weighted by Gasteiger charge is -2.29. The first-order chi connectivity index (χ1) is 13.5. The quantitative estimate of drug-likeness (QED) is 0.696. The highest BCUT2D eigenvalue weighted by Gasteiger charge is 2.23. The fraction of sp³-hybridized carbons (Fsp3) is 0.364. The molecule has 2 aromatic rings. The first-order valence-electron chi connectivity index (χ1n) is 9.59. The van der Waals surface area contributed by atoms with Crippen LogP contribution in [-0.4, -0.2) is 24.9 Å². The van der Waals surface area contributed by atoms with E-state index in [0.717, 1.165) is 25.7 Å². The summed E-state index contributed by atoms with van der Waals surface area (Å²) >= 11 is 11.7. The fourth-order valence-electron chi connectivity index (χ4n) is 3.65. The Labute approximate surface area is 175 Å². The van der Waals surface area contributed by atoms with Gasteiger partial charge in [0.05, 0.1) is 0 Å². The summed E-state index contributed by atoms with van der Waals surface area (Å²) in [5.74, 6) is 0.717. The summed E-state index contributed by atoms with van der Waals surface area (Å²) in [6.45, 7) is 1.31. The van der Waals surface area contributed by atoms with Crippen LogP contribution in [0.2, 0.25) is 10.0 Å². The van der Waals surface area contributed by atoms with E-state index in [0.29, 0.717) is 46.1 Å². The van der Waals surface area contributed by atoms with Crippen molar-refractivity contribution in [1.82, 2.24) is 10.6 Å². The molecule has 0 aliphatic heterocycles. The number of nitrogens with one attached hydrogen (secondary N) is 2. The van der Waals surface area contributed by atoms with Crippen LogP contribution in [0, 0.1) is 11.8 Å². The molecule has 2 amide bonds. The molecule has 1 aliphatic carbocycles. The lowest BCUT2D eigenvalue weighted by Crippen LogP contribution is -2.35. The number of carbonyl (C=O) groups excluding carboxylic acids is 2. The van der Waals surface area contributed by atoms with Gasteiger partial charge >= 0.3 is 0 Å². The van der Waals surface area contributed by atoms with Crippen LogP contribution in [0.4, 0.5) is 0 Å². The van der Waals surface area contributed by atoms with Crippen LogP contribution in [0.3, 0.4) is 0 Å². The Kier molecular flexibility index (Phi) is 7.35. The lowest BCUT2D eigenvalue weighted by atomic mass is 9.81. The zero-order valence-electron chi connectivity index (χ0n) is 15.6. The fourth-order valence-corrected chi connectivity index (χ4v) is 3.91. The molecule has 2 aromatic carbocycles. The second-order valence-corrected chi connectivity index (χ2v) is 8.21. The molecule has 3 rings (SSSR count). The Morgan fingerprint density at radius 2 is 1.14 bits per heavy atom. The molecule has 0 radical (unpaired) electrons. The molecule has 0 spiro atoms. The molecule has 28 heavy (non-hydrogen) atoms. The Hall–Kier alpha value is -2.04. The minimum absolute atomic E-state index is 0.0742. The van der Waals surface area contributed by atoms with E-state index in [4.69, 9.17) is 23.2 Å². The summed E-state index contributed by atoms with van der Waals surface area (Å²) in [5, 5.41) is 7.28.